The standard InChI is InChI=1S/C21H17ClF2N6O2/c1-8(2)20(31)16-18(24)17(22)15(10-4-26-29-19(10)16)12-6-30-7-13(27-14(30)5-25-12)28-21(32)9-3-11(9)23/h4-9,11H,3H2,1-2H3,(H,26,29)(H,28,32)/t9-,11+/m1/s1. The molecule has 0 spiro atoms. The number of carbonyl (C=O) groups excluding carboxylic acids is 2. The molecular weight excluding hydrogens is 442 g/mol. The molecule has 164 valence electrons. The van der Waals surface area contributed by atoms with E-state index in [1.54, 1.807) is 30.6 Å². The fourth-order valence-corrected chi connectivity index (χ4v) is 3.92. The summed E-state index contributed by atoms with van der Waals surface area (Å²) in [5, 5.41) is 9.45. The maximum absolute atomic E-state index is 15.2. The van der Waals surface area contributed by atoms with Crippen molar-refractivity contribution in [2.24, 2.45) is 11.8 Å². The van der Waals surface area contributed by atoms with Gasteiger partial charge in [0.1, 0.15) is 6.17 Å². The van der Waals surface area contributed by atoms with E-state index in [-0.39, 0.29) is 33.9 Å². The number of alkyl halides is 1. The summed E-state index contributed by atoms with van der Waals surface area (Å²) in [5.74, 6) is -2.49. The molecule has 0 bridgehead atoms. The molecule has 1 aliphatic rings. The van der Waals surface area contributed by atoms with E-state index < -0.39 is 35.5 Å². The number of amides is 1. The molecule has 11 heteroatoms. The quantitative estimate of drug-likeness (QED) is 0.436. The number of ketones is 1. The van der Waals surface area contributed by atoms with Crippen LogP contribution in [0.5, 0.6) is 0 Å². The van der Waals surface area contributed by atoms with E-state index >= 15 is 4.39 Å². The van der Waals surface area contributed by atoms with Gasteiger partial charge in [-0.2, -0.15) is 5.10 Å². The molecule has 0 saturated heterocycles. The minimum absolute atomic E-state index is 0.138. The number of benzene rings is 1. The molecule has 1 fully saturated rings. The van der Waals surface area contributed by atoms with E-state index in [4.69, 9.17) is 11.6 Å². The van der Waals surface area contributed by atoms with Gasteiger partial charge in [-0.15, -0.1) is 0 Å². The smallest absolute Gasteiger partial charge is 0.231 e. The van der Waals surface area contributed by atoms with E-state index in [1.807, 2.05) is 0 Å². The van der Waals surface area contributed by atoms with Gasteiger partial charge >= 0.3 is 0 Å². The van der Waals surface area contributed by atoms with Gasteiger partial charge in [-0.25, -0.2) is 13.8 Å². The lowest BCUT2D eigenvalue weighted by Crippen LogP contribution is -2.15. The SMILES string of the molecule is CC(C)C(=O)c1c(F)c(Cl)c(-c2cn3cc(NC(=O)[C@@H]4C[C@@H]4F)nc3cn2)c2cn[nH]c12. The first kappa shape index (κ1) is 20.5. The number of Topliss-reactive ketones (excluding diaryl/α,β-unsaturated/α-hetero) is 1. The molecule has 1 aliphatic carbocycles. The van der Waals surface area contributed by atoms with E-state index in [0.717, 1.165) is 0 Å². The number of carbonyl (C=O) groups is 2. The van der Waals surface area contributed by atoms with Crippen molar-refractivity contribution in [3.8, 4) is 11.3 Å². The second-order valence-corrected chi connectivity index (χ2v) is 8.45. The minimum Gasteiger partial charge on any atom is -0.309 e. The number of anilines is 1. The van der Waals surface area contributed by atoms with Crippen LogP contribution in [0.2, 0.25) is 5.02 Å². The number of H-pyrrole nitrogens is 1. The Bertz CT molecular complexity index is 1410. The highest BCUT2D eigenvalue weighted by Gasteiger charge is 2.43. The van der Waals surface area contributed by atoms with Crippen LogP contribution in [0, 0.1) is 17.7 Å². The fourth-order valence-electron chi connectivity index (χ4n) is 3.63. The number of aromatic amines is 1. The summed E-state index contributed by atoms with van der Waals surface area (Å²) in [7, 11) is 0. The molecule has 0 aliphatic heterocycles. The maximum Gasteiger partial charge on any atom is 0.231 e. The van der Waals surface area contributed by atoms with Crippen LogP contribution in [-0.2, 0) is 4.79 Å². The van der Waals surface area contributed by atoms with Crippen LogP contribution >= 0.6 is 11.6 Å². The summed E-state index contributed by atoms with van der Waals surface area (Å²) in [5.41, 5.74) is 1.11. The van der Waals surface area contributed by atoms with Crippen molar-refractivity contribution in [3.05, 3.63) is 41.2 Å². The first-order chi connectivity index (χ1) is 15.3. The first-order valence-electron chi connectivity index (χ1n) is 9.94. The zero-order valence-electron chi connectivity index (χ0n) is 17.0. The van der Waals surface area contributed by atoms with Crippen LogP contribution in [0.1, 0.15) is 30.6 Å². The Balaban J connectivity index is 1.59. The van der Waals surface area contributed by atoms with Gasteiger partial charge in [0.2, 0.25) is 5.91 Å². The monoisotopic (exact) mass is 458 g/mol. The lowest BCUT2D eigenvalue weighted by molar-refractivity contribution is -0.117. The van der Waals surface area contributed by atoms with Crippen molar-refractivity contribution in [3.63, 3.8) is 0 Å². The molecule has 1 aromatic carbocycles. The highest BCUT2D eigenvalue weighted by atomic mass is 35.5. The summed E-state index contributed by atoms with van der Waals surface area (Å²) in [6.45, 7) is 3.35. The topological polar surface area (TPSA) is 105 Å². The normalized spacial score (nSPS) is 17.9. The zero-order valence-corrected chi connectivity index (χ0v) is 17.7. The summed E-state index contributed by atoms with van der Waals surface area (Å²) >= 11 is 6.37. The predicted molar refractivity (Wildman–Crippen MR) is 114 cm³/mol. The summed E-state index contributed by atoms with van der Waals surface area (Å²) < 4.78 is 29.9. The second-order valence-electron chi connectivity index (χ2n) is 8.07. The van der Waals surface area contributed by atoms with Crippen LogP contribution in [0.3, 0.4) is 0 Å². The molecule has 5 rings (SSSR count). The van der Waals surface area contributed by atoms with Gasteiger partial charge in [0.05, 0.1) is 46.3 Å². The molecule has 3 aromatic heterocycles. The summed E-state index contributed by atoms with van der Waals surface area (Å²) in [6.07, 6.45) is 5.12. The third kappa shape index (κ3) is 3.22. The number of nitrogens with one attached hydrogen (secondary N) is 2. The van der Waals surface area contributed by atoms with Gasteiger partial charge in [0.15, 0.2) is 23.1 Å². The molecular formula is C21H17ClF2N6O2. The van der Waals surface area contributed by atoms with Crippen LogP contribution in [-0.4, -0.2) is 42.4 Å². The zero-order chi connectivity index (χ0) is 22.7. The Morgan fingerprint density at radius 2 is 2.06 bits per heavy atom. The molecule has 2 N–H and O–H groups in total. The maximum atomic E-state index is 15.2. The number of hydrogen-bond acceptors (Lipinski definition) is 5. The van der Waals surface area contributed by atoms with Crippen molar-refractivity contribution < 1.29 is 18.4 Å². The third-order valence-corrected chi connectivity index (χ3v) is 5.81. The number of nitrogens with zero attached hydrogens (tertiary/aromatic N) is 4. The number of hydrogen-bond donors (Lipinski definition) is 2. The van der Waals surface area contributed by atoms with Crippen LogP contribution in [0.4, 0.5) is 14.6 Å². The number of halogens is 3. The number of aromatic nitrogens is 5. The van der Waals surface area contributed by atoms with Crippen LogP contribution in [0.25, 0.3) is 27.8 Å². The Hall–Kier alpha value is -3.40. The number of fused-ring (bicyclic) bond motifs is 2. The van der Waals surface area contributed by atoms with Gasteiger partial charge in [0, 0.05) is 23.1 Å². The van der Waals surface area contributed by atoms with E-state index in [1.165, 1.54) is 12.4 Å². The first-order valence-corrected chi connectivity index (χ1v) is 10.3. The largest absolute Gasteiger partial charge is 0.309 e. The van der Waals surface area contributed by atoms with Gasteiger partial charge in [-0.05, 0) is 6.42 Å². The molecule has 3 heterocycles. The highest BCUT2D eigenvalue weighted by Crippen LogP contribution is 2.39. The van der Waals surface area contributed by atoms with Crippen molar-refractivity contribution in [2.45, 2.75) is 26.4 Å². The average Bonchev–Trinajstić information content (AvgIpc) is 3.11. The van der Waals surface area contributed by atoms with Gasteiger partial charge in [-0.1, -0.05) is 25.4 Å². The fraction of sp³-hybridized carbons (Fsp3) is 0.286. The molecule has 1 saturated carbocycles. The Labute approximate surface area is 185 Å². The highest BCUT2D eigenvalue weighted by molar-refractivity contribution is 6.36. The molecule has 0 unspecified atom stereocenters. The minimum atomic E-state index is -1.11. The van der Waals surface area contributed by atoms with Gasteiger partial charge in [-0.3, -0.25) is 19.7 Å². The second kappa shape index (κ2) is 7.33. The molecule has 32 heavy (non-hydrogen) atoms. The van der Waals surface area contributed by atoms with Gasteiger partial charge in [0.25, 0.3) is 0 Å². The number of imidazole rings is 1. The third-order valence-electron chi connectivity index (χ3n) is 5.46. The van der Waals surface area contributed by atoms with Crippen molar-refractivity contribution in [1.82, 2.24) is 24.6 Å². The lowest BCUT2D eigenvalue weighted by Gasteiger charge is -2.13. The van der Waals surface area contributed by atoms with E-state index in [0.29, 0.717) is 16.7 Å². The molecule has 8 nitrogen and oxygen atoms in total. The molecule has 1 amide bonds. The molecule has 4 aromatic rings. The Kier molecular flexibility index (Phi) is 4.70. The average molecular weight is 459 g/mol. The Morgan fingerprint density at radius 3 is 2.75 bits per heavy atom. The molecule has 0 radical (unpaired) electrons. The number of rotatable bonds is 5. The van der Waals surface area contributed by atoms with Crippen LogP contribution < -0.4 is 5.32 Å². The van der Waals surface area contributed by atoms with E-state index in [9.17, 15) is 14.0 Å². The summed E-state index contributed by atoms with van der Waals surface area (Å²) in [6, 6.07) is 0. The van der Waals surface area contributed by atoms with Gasteiger partial charge < -0.3 is 9.72 Å². The van der Waals surface area contributed by atoms with Crippen molar-refractivity contribution in [2.75, 3.05) is 5.32 Å². The Morgan fingerprint density at radius 1 is 1.31 bits per heavy atom. The lowest BCUT2D eigenvalue weighted by atomic mass is 9.95. The molecule has 2 atom stereocenters. The van der Waals surface area contributed by atoms with E-state index in [2.05, 4.69) is 25.5 Å². The van der Waals surface area contributed by atoms with Crippen molar-refractivity contribution >= 4 is 45.7 Å². The van der Waals surface area contributed by atoms with Crippen molar-refractivity contribution in [1.29, 1.82) is 0 Å². The van der Waals surface area contributed by atoms with Crippen LogP contribution in [0.15, 0.2) is 24.8 Å². The summed E-state index contributed by atoms with van der Waals surface area (Å²) in [4.78, 5) is 33.1. The predicted octanol–water partition coefficient (Wildman–Crippen LogP) is 4.20.